The van der Waals surface area contributed by atoms with E-state index in [1.165, 1.54) is 11.4 Å². The Morgan fingerprint density at radius 2 is 1.89 bits per heavy atom. The summed E-state index contributed by atoms with van der Waals surface area (Å²) < 4.78 is 0. The summed E-state index contributed by atoms with van der Waals surface area (Å²) in [5.74, 6) is 0. The van der Waals surface area contributed by atoms with Crippen LogP contribution >= 0.6 is 0 Å². The fraction of sp³-hybridized carbons (Fsp3) is 0.529. The Balaban J connectivity index is 2.06. The van der Waals surface area contributed by atoms with Crippen LogP contribution in [0.2, 0.25) is 0 Å². The van der Waals surface area contributed by atoms with Crippen LogP contribution < -0.4 is 10.2 Å². The van der Waals surface area contributed by atoms with Crippen molar-refractivity contribution in [1.29, 1.82) is 0 Å². The predicted molar refractivity (Wildman–Crippen MR) is 83.4 cm³/mol. The third-order valence-corrected chi connectivity index (χ3v) is 3.85. The molecule has 1 saturated heterocycles. The largest absolute Gasteiger partial charge is 0.384 e. The molecule has 0 aliphatic carbocycles. The number of para-hydroxylation sites is 1. The van der Waals surface area contributed by atoms with Gasteiger partial charge < -0.3 is 10.2 Å². The van der Waals surface area contributed by atoms with Gasteiger partial charge in [-0.15, -0.1) is 0 Å². The number of hydrogen-bond acceptors (Lipinski definition) is 2. The second-order valence-electron chi connectivity index (χ2n) is 6.92. The van der Waals surface area contributed by atoms with E-state index in [0.717, 1.165) is 19.5 Å². The molecule has 1 atom stereocenters. The van der Waals surface area contributed by atoms with Gasteiger partial charge in [-0.1, -0.05) is 31.7 Å². The Hall–Kier alpha value is -1.44. The summed E-state index contributed by atoms with van der Waals surface area (Å²) in [5, 5.41) is 3.55. The SMILES string of the molecule is C=C(NC(C)(C)C)C1(C)CCN(c2ccccc2)C1. The van der Waals surface area contributed by atoms with Crippen LogP contribution in [0.4, 0.5) is 5.69 Å². The first-order chi connectivity index (χ1) is 8.80. The van der Waals surface area contributed by atoms with Crippen molar-refractivity contribution in [2.75, 3.05) is 18.0 Å². The molecule has 1 aromatic rings. The van der Waals surface area contributed by atoms with Gasteiger partial charge in [0.2, 0.25) is 0 Å². The van der Waals surface area contributed by atoms with Gasteiger partial charge in [0.25, 0.3) is 0 Å². The molecule has 0 bridgehead atoms. The summed E-state index contributed by atoms with van der Waals surface area (Å²) in [5.41, 5.74) is 2.72. The van der Waals surface area contributed by atoms with E-state index in [4.69, 9.17) is 0 Å². The zero-order valence-electron chi connectivity index (χ0n) is 12.7. The average Bonchev–Trinajstić information content (AvgIpc) is 2.72. The van der Waals surface area contributed by atoms with Crippen molar-refractivity contribution in [1.82, 2.24) is 5.32 Å². The van der Waals surface area contributed by atoms with Gasteiger partial charge in [-0.25, -0.2) is 0 Å². The smallest absolute Gasteiger partial charge is 0.0366 e. The molecule has 1 fully saturated rings. The van der Waals surface area contributed by atoms with Crippen LogP contribution in [0, 0.1) is 5.41 Å². The summed E-state index contributed by atoms with van der Waals surface area (Å²) in [6.45, 7) is 15.3. The highest BCUT2D eigenvalue weighted by Crippen LogP contribution is 2.38. The molecule has 1 unspecified atom stereocenters. The minimum Gasteiger partial charge on any atom is -0.384 e. The Morgan fingerprint density at radius 3 is 2.47 bits per heavy atom. The zero-order valence-corrected chi connectivity index (χ0v) is 12.7. The lowest BCUT2D eigenvalue weighted by Gasteiger charge is -2.34. The monoisotopic (exact) mass is 258 g/mol. The van der Waals surface area contributed by atoms with E-state index in [0.29, 0.717) is 0 Å². The molecule has 1 aliphatic rings. The lowest BCUT2D eigenvalue weighted by atomic mass is 9.85. The van der Waals surface area contributed by atoms with E-state index < -0.39 is 0 Å². The van der Waals surface area contributed by atoms with Gasteiger partial charge in [0.1, 0.15) is 0 Å². The predicted octanol–water partition coefficient (Wildman–Crippen LogP) is 3.80. The van der Waals surface area contributed by atoms with Gasteiger partial charge in [-0.3, -0.25) is 0 Å². The Bertz CT molecular complexity index is 444. The standard InChI is InChI=1S/C17H26N2/c1-14(18-16(2,3)4)17(5)11-12-19(13-17)15-9-7-6-8-10-15/h6-10,18H,1,11-13H2,2-5H3. The normalized spacial score (nSPS) is 23.5. The number of nitrogens with one attached hydrogen (secondary N) is 1. The maximum Gasteiger partial charge on any atom is 0.0366 e. The second-order valence-corrected chi connectivity index (χ2v) is 6.92. The fourth-order valence-electron chi connectivity index (χ4n) is 2.67. The topological polar surface area (TPSA) is 15.3 Å². The van der Waals surface area contributed by atoms with Crippen LogP contribution in [-0.4, -0.2) is 18.6 Å². The molecule has 0 saturated carbocycles. The van der Waals surface area contributed by atoms with E-state index in [2.05, 4.69) is 74.8 Å². The molecule has 0 aromatic heterocycles. The van der Waals surface area contributed by atoms with Gasteiger partial charge in [-0.2, -0.15) is 0 Å². The molecular formula is C17H26N2. The van der Waals surface area contributed by atoms with Crippen molar-refractivity contribution in [2.24, 2.45) is 5.41 Å². The second kappa shape index (κ2) is 4.92. The number of rotatable bonds is 3. The average molecular weight is 258 g/mol. The summed E-state index contributed by atoms with van der Waals surface area (Å²) in [4.78, 5) is 2.45. The van der Waals surface area contributed by atoms with Crippen molar-refractivity contribution >= 4 is 5.69 Å². The summed E-state index contributed by atoms with van der Waals surface area (Å²) >= 11 is 0. The van der Waals surface area contributed by atoms with E-state index in [-0.39, 0.29) is 11.0 Å². The third-order valence-electron chi connectivity index (χ3n) is 3.85. The highest BCUT2D eigenvalue weighted by molar-refractivity contribution is 5.48. The van der Waals surface area contributed by atoms with E-state index in [1.54, 1.807) is 0 Å². The Kier molecular flexibility index (Phi) is 3.62. The number of nitrogens with zero attached hydrogens (tertiary/aromatic N) is 1. The molecule has 104 valence electrons. The van der Waals surface area contributed by atoms with Crippen LogP contribution in [0.1, 0.15) is 34.1 Å². The zero-order chi connectivity index (χ0) is 14.1. The van der Waals surface area contributed by atoms with Crippen LogP contribution in [0.3, 0.4) is 0 Å². The molecule has 2 nitrogen and oxygen atoms in total. The quantitative estimate of drug-likeness (QED) is 0.887. The Morgan fingerprint density at radius 1 is 1.26 bits per heavy atom. The first kappa shape index (κ1) is 14.0. The maximum atomic E-state index is 4.28. The summed E-state index contributed by atoms with van der Waals surface area (Å²) in [6.07, 6.45) is 1.16. The minimum atomic E-state index is 0.0836. The van der Waals surface area contributed by atoms with Gasteiger partial charge >= 0.3 is 0 Å². The maximum absolute atomic E-state index is 4.28. The molecule has 1 aliphatic heterocycles. The lowest BCUT2D eigenvalue weighted by molar-refractivity contribution is 0.362. The van der Waals surface area contributed by atoms with Crippen LogP contribution in [0.15, 0.2) is 42.6 Å². The van der Waals surface area contributed by atoms with Gasteiger partial charge in [0.15, 0.2) is 0 Å². The van der Waals surface area contributed by atoms with Crippen molar-refractivity contribution in [3.63, 3.8) is 0 Å². The van der Waals surface area contributed by atoms with Crippen molar-refractivity contribution in [3.05, 3.63) is 42.6 Å². The first-order valence-electron chi connectivity index (χ1n) is 7.08. The van der Waals surface area contributed by atoms with Crippen LogP contribution in [0.5, 0.6) is 0 Å². The first-order valence-corrected chi connectivity index (χ1v) is 7.08. The number of anilines is 1. The molecule has 0 radical (unpaired) electrons. The van der Waals surface area contributed by atoms with Gasteiger partial charge in [-0.05, 0) is 39.3 Å². The van der Waals surface area contributed by atoms with Crippen LogP contribution in [0.25, 0.3) is 0 Å². The van der Waals surface area contributed by atoms with Crippen LogP contribution in [-0.2, 0) is 0 Å². The minimum absolute atomic E-state index is 0.0836. The highest BCUT2D eigenvalue weighted by Gasteiger charge is 2.37. The lowest BCUT2D eigenvalue weighted by Crippen LogP contribution is -2.41. The van der Waals surface area contributed by atoms with Gasteiger partial charge in [0, 0.05) is 35.4 Å². The number of hydrogen-bond donors (Lipinski definition) is 1. The molecule has 0 amide bonds. The van der Waals surface area contributed by atoms with Crippen molar-refractivity contribution < 1.29 is 0 Å². The molecule has 2 rings (SSSR count). The molecule has 1 N–H and O–H groups in total. The third kappa shape index (κ3) is 3.31. The summed E-state index contributed by atoms with van der Waals surface area (Å²) in [7, 11) is 0. The highest BCUT2D eigenvalue weighted by atomic mass is 15.2. The van der Waals surface area contributed by atoms with Crippen molar-refractivity contribution in [3.8, 4) is 0 Å². The van der Waals surface area contributed by atoms with E-state index in [1.807, 2.05) is 0 Å². The molecule has 0 spiro atoms. The summed E-state index contributed by atoms with van der Waals surface area (Å²) in [6, 6.07) is 10.6. The molecule has 1 heterocycles. The molecular weight excluding hydrogens is 232 g/mol. The molecule has 1 aromatic carbocycles. The molecule has 19 heavy (non-hydrogen) atoms. The van der Waals surface area contributed by atoms with Gasteiger partial charge in [0.05, 0.1) is 0 Å². The Labute approximate surface area is 117 Å². The number of benzene rings is 1. The van der Waals surface area contributed by atoms with Crippen molar-refractivity contribution in [2.45, 2.75) is 39.7 Å². The fourth-order valence-corrected chi connectivity index (χ4v) is 2.67. The van der Waals surface area contributed by atoms with E-state index in [9.17, 15) is 0 Å². The van der Waals surface area contributed by atoms with E-state index >= 15 is 0 Å². The molecule has 2 heteroatoms.